The van der Waals surface area contributed by atoms with Gasteiger partial charge in [0.1, 0.15) is 0 Å². The van der Waals surface area contributed by atoms with Crippen LogP contribution in [0.15, 0.2) is 0 Å². The van der Waals surface area contributed by atoms with Gasteiger partial charge in [-0.3, -0.25) is 0 Å². The standard InChI is InChI=1S/C3H9OP.ClH.Cu/c1-5(2,3)4;;/h1-3H3;1H;. The summed E-state index contributed by atoms with van der Waals surface area (Å²) in [4.78, 5) is 0. The molecule has 0 heterocycles. The predicted molar refractivity (Wildman–Crippen MR) is 32.6 cm³/mol. The molecular weight excluding hydrogens is 182 g/mol. The van der Waals surface area contributed by atoms with E-state index in [1.807, 2.05) is 0 Å². The van der Waals surface area contributed by atoms with E-state index in [2.05, 4.69) is 0 Å². The summed E-state index contributed by atoms with van der Waals surface area (Å²) in [5.74, 6) is 0. The van der Waals surface area contributed by atoms with Gasteiger partial charge in [-0.1, -0.05) is 0 Å². The van der Waals surface area contributed by atoms with E-state index in [4.69, 9.17) is 0 Å². The summed E-state index contributed by atoms with van der Waals surface area (Å²) in [6.45, 7) is 5.23. The third-order valence-corrected chi connectivity index (χ3v) is 0. The normalized spacial score (nSPS) is 8.43. The Kier molecular flexibility index (Phi) is 11.6. The third-order valence-electron chi connectivity index (χ3n) is 0. The average molecular weight is 192 g/mol. The second kappa shape index (κ2) is 5.18. The Hall–Kier alpha value is 1.04. The van der Waals surface area contributed by atoms with Gasteiger partial charge >= 0.3 is 0 Å². The first-order valence-electron chi connectivity index (χ1n) is 1.52. The molecule has 7 heavy (non-hydrogen) atoms. The van der Waals surface area contributed by atoms with Crippen molar-refractivity contribution in [1.29, 1.82) is 0 Å². The smallest absolute Gasteiger partial charge is 0.0790 e. The van der Waals surface area contributed by atoms with Gasteiger partial charge in [0.2, 0.25) is 0 Å². The fourth-order valence-electron chi connectivity index (χ4n) is 0. The van der Waals surface area contributed by atoms with E-state index in [1.165, 1.54) is 0 Å². The summed E-state index contributed by atoms with van der Waals surface area (Å²) < 4.78 is 10.2. The monoisotopic (exact) mass is 191 g/mol. The summed E-state index contributed by atoms with van der Waals surface area (Å²) >= 11 is 0. The SMILES string of the molecule is CP(C)(C)=O.Cl.[Cu]. The molecule has 0 aromatic heterocycles. The van der Waals surface area contributed by atoms with E-state index in [1.54, 1.807) is 20.0 Å². The van der Waals surface area contributed by atoms with Gasteiger partial charge in [-0.2, -0.15) is 0 Å². The van der Waals surface area contributed by atoms with Crippen LogP contribution in [0.25, 0.3) is 0 Å². The van der Waals surface area contributed by atoms with Gasteiger partial charge < -0.3 is 4.57 Å². The fourth-order valence-corrected chi connectivity index (χ4v) is 0. The van der Waals surface area contributed by atoms with E-state index in [-0.39, 0.29) is 29.5 Å². The number of halogens is 1. The van der Waals surface area contributed by atoms with Crippen LogP contribution in [0.2, 0.25) is 0 Å². The molecule has 0 bridgehead atoms. The zero-order valence-corrected chi connectivity index (χ0v) is 7.22. The van der Waals surface area contributed by atoms with Crippen molar-refractivity contribution in [3.63, 3.8) is 0 Å². The maximum Gasteiger partial charge on any atom is 0.0790 e. The minimum atomic E-state index is -1.64. The van der Waals surface area contributed by atoms with Crippen LogP contribution >= 0.6 is 19.5 Å². The average Bonchev–Trinajstić information content (AvgIpc) is 0.722. The van der Waals surface area contributed by atoms with E-state index in [0.29, 0.717) is 0 Å². The van der Waals surface area contributed by atoms with Crippen molar-refractivity contribution in [2.45, 2.75) is 0 Å². The van der Waals surface area contributed by atoms with Crippen LogP contribution in [0.5, 0.6) is 0 Å². The molecule has 0 atom stereocenters. The van der Waals surface area contributed by atoms with Crippen LogP contribution in [0.1, 0.15) is 0 Å². The first kappa shape index (κ1) is 15.7. The van der Waals surface area contributed by atoms with Crippen molar-refractivity contribution in [2.24, 2.45) is 0 Å². The Balaban J connectivity index is -0.0000000800. The largest absolute Gasteiger partial charge is 0.324 e. The summed E-state index contributed by atoms with van der Waals surface area (Å²) in [5, 5.41) is 0. The molecule has 0 aromatic carbocycles. The van der Waals surface area contributed by atoms with Crippen molar-refractivity contribution in [3.05, 3.63) is 0 Å². The van der Waals surface area contributed by atoms with Gasteiger partial charge in [-0.15, -0.1) is 12.4 Å². The number of hydrogen-bond donors (Lipinski definition) is 0. The van der Waals surface area contributed by atoms with Gasteiger partial charge in [0.05, 0.1) is 7.14 Å². The van der Waals surface area contributed by atoms with Gasteiger partial charge in [-0.05, 0) is 20.0 Å². The Morgan fingerprint density at radius 1 is 1.14 bits per heavy atom. The molecule has 0 spiro atoms. The van der Waals surface area contributed by atoms with E-state index in [9.17, 15) is 4.57 Å². The summed E-state index contributed by atoms with van der Waals surface area (Å²) in [6, 6.07) is 0. The maximum absolute atomic E-state index is 10.2. The zero-order valence-electron chi connectivity index (χ0n) is 4.57. The van der Waals surface area contributed by atoms with Crippen molar-refractivity contribution in [1.82, 2.24) is 0 Å². The number of hydrogen-bond acceptors (Lipinski definition) is 1. The van der Waals surface area contributed by atoms with E-state index < -0.39 is 7.14 Å². The fraction of sp³-hybridized carbons (Fsp3) is 1.00. The molecule has 0 aliphatic heterocycles. The molecule has 0 fully saturated rings. The minimum absolute atomic E-state index is 0. The summed E-state index contributed by atoms with van der Waals surface area (Å²) in [7, 11) is -1.64. The molecule has 51 valence electrons. The molecule has 0 rings (SSSR count). The van der Waals surface area contributed by atoms with Crippen molar-refractivity contribution in [2.75, 3.05) is 20.0 Å². The van der Waals surface area contributed by atoms with Crippen LogP contribution in [0.3, 0.4) is 0 Å². The third kappa shape index (κ3) is 165. The first-order chi connectivity index (χ1) is 2.00. The molecule has 0 saturated carbocycles. The second-order valence-electron chi connectivity index (χ2n) is 1.89. The van der Waals surface area contributed by atoms with Crippen molar-refractivity contribution >= 4 is 19.5 Å². The molecule has 0 saturated heterocycles. The Morgan fingerprint density at radius 3 is 1.14 bits per heavy atom. The van der Waals surface area contributed by atoms with Crippen LogP contribution < -0.4 is 0 Å². The quantitative estimate of drug-likeness (QED) is 0.421. The molecule has 4 heteroatoms. The van der Waals surface area contributed by atoms with Gasteiger partial charge in [0.15, 0.2) is 0 Å². The Morgan fingerprint density at radius 2 is 1.14 bits per heavy atom. The Bertz CT molecular complexity index is 61.1. The van der Waals surface area contributed by atoms with Crippen LogP contribution in [0, 0.1) is 0 Å². The maximum atomic E-state index is 10.2. The van der Waals surface area contributed by atoms with Crippen LogP contribution in [0.4, 0.5) is 0 Å². The minimum Gasteiger partial charge on any atom is -0.324 e. The molecule has 0 aliphatic carbocycles. The van der Waals surface area contributed by atoms with Gasteiger partial charge in [0.25, 0.3) is 0 Å². The second-order valence-corrected chi connectivity index (χ2v) is 5.67. The molecule has 1 radical (unpaired) electrons. The van der Waals surface area contributed by atoms with E-state index in [0.717, 1.165) is 0 Å². The molecule has 0 N–H and O–H groups in total. The molecule has 0 aliphatic rings. The topological polar surface area (TPSA) is 17.1 Å². The van der Waals surface area contributed by atoms with Crippen molar-refractivity contribution < 1.29 is 21.6 Å². The first-order valence-corrected chi connectivity index (χ1v) is 4.57. The van der Waals surface area contributed by atoms with Gasteiger partial charge in [-0.25, -0.2) is 0 Å². The molecule has 0 unspecified atom stereocenters. The van der Waals surface area contributed by atoms with E-state index >= 15 is 0 Å². The van der Waals surface area contributed by atoms with Crippen LogP contribution in [-0.2, 0) is 21.6 Å². The summed E-state index contributed by atoms with van der Waals surface area (Å²) in [5.41, 5.74) is 0. The zero-order chi connectivity index (χ0) is 4.50. The van der Waals surface area contributed by atoms with Crippen molar-refractivity contribution in [3.8, 4) is 0 Å². The predicted octanol–water partition coefficient (Wildman–Crippen LogP) is 1.66. The van der Waals surface area contributed by atoms with Crippen LogP contribution in [-0.4, -0.2) is 20.0 Å². The molecule has 0 amide bonds. The summed E-state index contributed by atoms with van der Waals surface area (Å²) in [6.07, 6.45) is 0. The number of rotatable bonds is 0. The van der Waals surface area contributed by atoms with Gasteiger partial charge in [0, 0.05) is 17.1 Å². The molecule has 1 nitrogen and oxygen atoms in total. The Labute approximate surface area is 61.5 Å². The molecule has 0 aromatic rings. The molecular formula is C3H10ClCuOP.